The Morgan fingerprint density at radius 3 is 2.35 bits per heavy atom. The van der Waals surface area contributed by atoms with Crippen LogP contribution in [0.3, 0.4) is 0 Å². The molecule has 1 heterocycles. The molecule has 0 saturated carbocycles. The molecule has 3 nitrogen and oxygen atoms in total. The van der Waals surface area contributed by atoms with Crippen LogP contribution in [0.25, 0.3) is 0 Å². The van der Waals surface area contributed by atoms with Crippen molar-refractivity contribution >= 4 is 43.5 Å². The molecule has 1 atom stereocenters. The molecular formula is C11H10Br2ClN3. The van der Waals surface area contributed by atoms with E-state index in [-0.39, 0.29) is 6.04 Å². The number of aromatic nitrogens is 2. The minimum absolute atomic E-state index is 0.302. The van der Waals surface area contributed by atoms with Gasteiger partial charge in [0.25, 0.3) is 0 Å². The number of aryl methyl sites for hydroxylation is 1. The predicted octanol–water partition coefficient (Wildman–Crippen LogP) is 3.65. The van der Waals surface area contributed by atoms with Crippen LogP contribution in [0.1, 0.15) is 17.3 Å². The van der Waals surface area contributed by atoms with E-state index in [1.54, 1.807) is 10.9 Å². The van der Waals surface area contributed by atoms with Gasteiger partial charge in [-0.15, -0.1) is 0 Å². The molecule has 2 N–H and O–H groups in total. The molecule has 2 aromatic rings. The lowest BCUT2D eigenvalue weighted by Gasteiger charge is -2.14. The van der Waals surface area contributed by atoms with Crippen molar-refractivity contribution in [2.45, 2.75) is 6.04 Å². The normalized spacial score (nSPS) is 12.8. The van der Waals surface area contributed by atoms with Crippen molar-refractivity contribution in [3.8, 4) is 0 Å². The first-order valence-corrected chi connectivity index (χ1v) is 6.84. The number of hydrogen-bond donors (Lipinski definition) is 1. The Kier molecular flexibility index (Phi) is 3.92. The van der Waals surface area contributed by atoms with Gasteiger partial charge in [-0.3, -0.25) is 4.68 Å². The van der Waals surface area contributed by atoms with Crippen molar-refractivity contribution in [1.82, 2.24) is 9.78 Å². The average Bonchev–Trinajstić information content (AvgIpc) is 2.56. The standard InChI is InChI=1S/C11H10Br2ClN3/c1-17-11(9(14)5-16-17)10(15)6-2-7(12)4-8(13)3-6/h2-5,10H,15H2,1H3. The maximum Gasteiger partial charge on any atom is 0.0837 e. The topological polar surface area (TPSA) is 43.8 Å². The van der Waals surface area contributed by atoms with Gasteiger partial charge < -0.3 is 5.73 Å². The molecule has 1 unspecified atom stereocenters. The highest BCUT2D eigenvalue weighted by Gasteiger charge is 2.17. The van der Waals surface area contributed by atoms with E-state index in [2.05, 4.69) is 37.0 Å². The predicted molar refractivity (Wildman–Crippen MR) is 76.1 cm³/mol. The summed E-state index contributed by atoms with van der Waals surface area (Å²) in [5.74, 6) is 0. The number of halogens is 3. The van der Waals surface area contributed by atoms with Crippen molar-refractivity contribution < 1.29 is 0 Å². The molecule has 0 aliphatic rings. The fraction of sp³-hybridized carbons (Fsp3) is 0.182. The summed E-state index contributed by atoms with van der Waals surface area (Å²) in [6, 6.07) is 5.60. The Balaban J connectivity index is 2.47. The SMILES string of the molecule is Cn1ncc(Cl)c1C(N)c1cc(Br)cc(Br)c1. The molecule has 0 aliphatic carbocycles. The zero-order chi connectivity index (χ0) is 12.6. The van der Waals surface area contributed by atoms with Gasteiger partial charge in [-0.2, -0.15) is 5.10 Å². The fourth-order valence-electron chi connectivity index (χ4n) is 1.68. The van der Waals surface area contributed by atoms with Gasteiger partial charge in [0.1, 0.15) is 0 Å². The third-order valence-corrected chi connectivity index (χ3v) is 3.68. The first kappa shape index (κ1) is 13.1. The van der Waals surface area contributed by atoms with E-state index >= 15 is 0 Å². The van der Waals surface area contributed by atoms with Crippen LogP contribution in [0.5, 0.6) is 0 Å². The highest BCUT2D eigenvalue weighted by molar-refractivity contribution is 9.11. The van der Waals surface area contributed by atoms with Crippen LogP contribution in [0.15, 0.2) is 33.3 Å². The van der Waals surface area contributed by atoms with Crippen molar-refractivity contribution in [2.24, 2.45) is 12.8 Å². The maximum absolute atomic E-state index is 6.21. The summed E-state index contributed by atoms with van der Waals surface area (Å²) in [5, 5.41) is 4.67. The third kappa shape index (κ3) is 2.73. The number of nitrogens with two attached hydrogens (primary N) is 1. The molecule has 17 heavy (non-hydrogen) atoms. The summed E-state index contributed by atoms with van der Waals surface area (Å²) in [4.78, 5) is 0. The van der Waals surface area contributed by atoms with Crippen LogP contribution in [0.2, 0.25) is 5.02 Å². The molecule has 2 rings (SSSR count). The van der Waals surface area contributed by atoms with E-state index in [1.807, 2.05) is 25.2 Å². The Morgan fingerprint density at radius 2 is 1.88 bits per heavy atom. The van der Waals surface area contributed by atoms with Crippen molar-refractivity contribution in [1.29, 1.82) is 0 Å². The summed E-state index contributed by atoms with van der Waals surface area (Å²) in [6.45, 7) is 0. The molecule has 6 heteroatoms. The fourth-order valence-corrected chi connectivity index (χ4v) is 3.30. The van der Waals surface area contributed by atoms with Gasteiger partial charge in [0, 0.05) is 16.0 Å². The molecule has 0 bridgehead atoms. The van der Waals surface area contributed by atoms with Gasteiger partial charge >= 0.3 is 0 Å². The number of hydrogen-bond acceptors (Lipinski definition) is 2. The van der Waals surface area contributed by atoms with E-state index in [4.69, 9.17) is 17.3 Å². The number of benzene rings is 1. The summed E-state index contributed by atoms with van der Waals surface area (Å²) in [5.41, 5.74) is 7.98. The zero-order valence-electron chi connectivity index (χ0n) is 8.99. The number of nitrogens with zero attached hydrogens (tertiary/aromatic N) is 2. The van der Waals surface area contributed by atoms with Gasteiger partial charge in [-0.25, -0.2) is 0 Å². The van der Waals surface area contributed by atoms with Crippen LogP contribution < -0.4 is 5.73 Å². The summed E-state index contributed by atoms with van der Waals surface area (Å²) < 4.78 is 3.63. The molecule has 0 fully saturated rings. The molecule has 0 saturated heterocycles. The van der Waals surface area contributed by atoms with Gasteiger partial charge in [-0.05, 0) is 23.8 Å². The molecule has 0 amide bonds. The quantitative estimate of drug-likeness (QED) is 0.866. The van der Waals surface area contributed by atoms with Gasteiger partial charge in [0.2, 0.25) is 0 Å². The van der Waals surface area contributed by atoms with E-state index in [0.717, 1.165) is 20.2 Å². The molecule has 0 spiro atoms. The van der Waals surface area contributed by atoms with Gasteiger partial charge in [-0.1, -0.05) is 43.5 Å². The average molecular weight is 379 g/mol. The second-order valence-electron chi connectivity index (χ2n) is 3.68. The lowest BCUT2D eigenvalue weighted by molar-refractivity contribution is 0.673. The molecule has 1 aromatic heterocycles. The Labute approximate surface area is 121 Å². The smallest absolute Gasteiger partial charge is 0.0837 e. The van der Waals surface area contributed by atoms with E-state index < -0.39 is 0 Å². The van der Waals surface area contributed by atoms with Crippen LogP contribution in [-0.4, -0.2) is 9.78 Å². The third-order valence-electron chi connectivity index (χ3n) is 2.48. The first-order valence-electron chi connectivity index (χ1n) is 4.88. The maximum atomic E-state index is 6.21. The van der Waals surface area contributed by atoms with E-state index in [9.17, 15) is 0 Å². The molecule has 1 aromatic carbocycles. The van der Waals surface area contributed by atoms with Crippen molar-refractivity contribution in [3.05, 3.63) is 49.6 Å². The summed E-state index contributed by atoms with van der Waals surface area (Å²) >= 11 is 13.0. The summed E-state index contributed by atoms with van der Waals surface area (Å²) in [6.07, 6.45) is 1.60. The minimum atomic E-state index is -0.302. The second-order valence-corrected chi connectivity index (χ2v) is 5.92. The highest BCUT2D eigenvalue weighted by atomic mass is 79.9. The van der Waals surface area contributed by atoms with Crippen LogP contribution in [-0.2, 0) is 7.05 Å². The van der Waals surface area contributed by atoms with Gasteiger partial charge in [0.15, 0.2) is 0 Å². The summed E-state index contributed by atoms with van der Waals surface area (Å²) in [7, 11) is 1.83. The first-order chi connectivity index (χ1) is 7.99. The Bertz CT molecular complexity index is 514. The number of rotatable bonds is 2. The molecular weight excluding hydrogens is 369 g/mol. The Hall–Kier alpha value is -0.360. The van der Waals surface area contributed by atoms with E-state index in [0.29, 0.717) is 5.02 Å². The van der Waals surface area contributed by atoms with Crippen LogP contribution in [0.4, 0.5) is 0 Å². The largest absolute Gasteiger partial charge is 0.319 e. The molecule has 0 aliphatic heterocycles. The second kappa shape index (κ2) is 5.10. The van der Waals surface area contributed by atoms with Crippen molar-refractivity contribution in [2.75, 3.05) is 0 Å². The van der Waals surface area contributed by atoms with Crippen LogP contribution in [0, 0.1) is 0 Å². The lowest BCUT2D eigenvalue weighted by Crippen LogP contribution is -2.16. The minimum Gasteiger partial charge on any atom is -0.319 e. The van der Waals surface area contributed by atoms with Crippen LogP contribution >= 0.6 is 43.5 Å². The molecule has 90 valence electrons. The van der Waals surface area contributed by atoms with E-state index in [1.165, 1.54) is 0 Å². The monoisotopic (exact) mass is 377 g/mol. The zero-order valence-corrected chi connectivity index (χ0v) is 12.9. The lowest BCUT2D eigenvalue weighted by atomic mass is 10.1. The molecule has 0 radical (unpaired) electrons. The highest BCUT2D eigenvalue weighted by Crippen LogP contribution is 2.29. The Morgan fingerprint density at radius 1 is 1.29 bits per heavy atom. The van der Waals surface area contributed by atoms with Gasteiger partial charge in [0.05, 0.1) is 23.0 Å². The van der Waals surface area contributed by atoms with Crippen molar-refractivity contribution in [3.63, 3.8) is 0 Å².